The number of carbonyl (C=O) groups is 3. The van der Waals surface area contributed by atoms with E-state index in [1.807, 2.05) is 36.4 Å². The van der Waals surface area contributed by atoms with Gasteiger partial charge in [-0.1, -0.05) is 84.9 Å². The Balaban J connectivity index is 1.18. The summed E-state index contributed by atoms with van der Waals surface area (Å²) in [5.41, 5.74) is 2.53. The highest BCUT2D eigenvalue weighted by Gasteiger charge is 2.52. The van der Waals surface area contributed by atoms with Crippen LogP contribution in [0.1, 0.15) is 24.1 Å². The summed E-state index contributed by atoms with van der Waals surface area (Å²) < 4.78 is 31.5. The Morgan fingerprint density at radius 3 is 1.93 bits per heavy atom. The molecule has 10 heteroatoms. The SMILES string of the molecule is CCOC(=O)C(F)(Oc1ccccc1)C(=O)Nc1cccc(OCC(=O)N2CCN(C(c3ccccc3)c3ccccc3)CC2)c1. The predicted octanol–water partition coefficient (Wildman–Crippen LogP) is 5.25. The first-order valence-electron chi connectivity index (χ1n) is 15.1. The molecule has 0 aromatic heterocycles. The summed E-state index contributed by atoms with van der Waals surface area (Å²) in [4.78, 5) is 42.7. The van der Waals surface area contributed by atoms with Crippen LogP contribution in [0.5, 0.6) is 11.5 Å². The van der Waals surface area contributed by atoms with Gasteiger partial charge in [-0.3, -0.25) is 14.5 Å². The number of carbonyl (C=O) groups excluding carboxylic acids is 3. The summed E-state index contributed by atoms with van der Waals surface area (Å²) in [5.74, 6) is -6.21. The van der Waals surface area contributed by atoms with Crippen LogP contribution >= 0.6 is 0 Å². The number of hydrogen-bond acceptors (Lipinski definition) is 7. The molecule has 0 spiro atoms. The van der Waals surface area contributed by atoms with E-state index in [0.717, 1.165) is 0 Å². The van der Waals surface area contributed by atoms with Crippen LogP contribution in [-0.2, 0) is 19.1 Å². The van der Waals surface area contributed by atoms with Crippen LogP contribution in [0.4, 0.5) is 10.1 Å². The summed E-state index contributed by atoms with van der Waals surface area (Å²) in [7, 11) is 0. The van der Waals surface area contributed by atoms with Crippen LogP contribution in [0.3, 0.4) is 0 Å². The second-order valence-electron chi connectivity index (χ2n) is 10.6. The van der Waals surface area contributed by atoms with Gasteiger partial charge in [-0.2, -0.15) is 4.39 Å². The van der Waals surface area contributed by atoms with Gasteiger partial charge in [0.15, 0.2) is 6.61 Å². The fourth-order valence-corrected chi connectivity index (χ4v) is 5.28. The van der Waals surface area contributed by atoms with E-state index in [4.69, 9.17) is 14.2 Å². The maximum absolute atomic E-state index is 15.8. The van der Waals surface area contributed by atoms with Gasteiger partial charge >= 0.3 is 17.7 Å². The van der Waals surface area contributed by atoms with Crippen molar-refractivity contribution in [2.24, 2.45) is 0 Å². The molecule has 1 aliphatic heterocycles. The Hall–Kier alpha value is -5.22. The Morgan fingerprint density at radius 2 is 1.35 bits per heavy atom. The van der Waals surface area contributed by atoms with Gasteiger partial charge < -0.3 is 24.4 Å². The van der Waals surface area contributed by atoms with Crippen LogP contribution in [0, 0.1) is 0 Å². The molecule has 1 N–H and O–H groups in total. The van der Waals surface area contributed by atoms with Gasteiger partial charge in [0.05, 0.1) is 12.6 Å². The third-order valence-corrected chi connectivity index (χ3v) is 7.55. The summed E-state index contributed by atoms with van der Waals surface area (Å²) in [6.07, 6.45) is 0. The first kappa shape index (κ1) is 32.2. The number of halogens is 1. The number of anilines is 1. The number of esters is 1. The van der Waals surface area contributed by atoms with E-state index < -0.39 is 17.7 Å². The van der Waals surface area contributed by atoms with E-state index in [1.54, 1.807) is 35.2 Å². The number of hydrogen-bond donors (Lipinski definition) is 1. The number of benzene rings is 4. The molecule has 1 fully saturated rings. The van der Waals surface area contributed by atoms with E-state index in [0.29, 0.717) is 26.2 Å². The molecule has 1 atom stereocenters. The van der Waals surface area contributed by atoms with Gasteiger partial charge in [-0.05, 0) is 42.3 Å². The number of piperazine rings is 1. The van der Waals surface area contributed by atoms with Crippen molar-refractivity contribution in [3.05, 3.63) is 126 Å². The van der Waals surface area contributed by atoms with Crippen molar-refractivity contribution in [2.75, 3.05) is 44.7 Å². The summed E-state index contributed by atoms with van der Waals surface area (Å²) in [5, 5.41) is 2.36. The number of para-hydroxylation sites is 1. The summed E-state index contributed by atoms with van der Waals surface area (Å²) in [6, 6.07) is 34.5. The fraction of sp³-hybridized carbons (Fsp3) is 0.250. The van der Waals surface area contributed by atoms with Gasteiger partial charge in [-0.25, -0.2) is 4.79 Å². The zero-order chi connectivity index (χ0) is 32.4. The van der Waals surface area contributed by atoms with E-state index in [9.17, 15) is 14.4 Å². The Bertz CT molecular complexity index is 1560. The first-order chi connectivity index (χ1) is 22.4. The van der Waals surface area contributed by atoms with Crippen molar-refractivity contribution in [1.82, 2.24) is 9.80 Å². The van der Waals surface area contributed by atoms with Crippen LogP contribution in [-0.4, -0.2) is 72.8 Å². The highest BCUT2D eigenvalue weighted by Crippen LogP contribution is 2.30. The first-order valence-corrected chi connectivity index (χ1v) is 15.1. The standard InChI is InChI=1S/C36H36FN3O6/c1-2-44-35(43)36(37,46-30-18-10-5-11-19-30)34(42)38-29-17-12-20-31(25-29)45-26-32(41)39-21-23-40(24-22-39)33(27-13-6-3-7-14-27)28-15-8-4-9-16-28/h3-20,25,33H,2,21-24,26H2,1H3,(H,38,42). The molecule has 1 heterocycles. The van der Waals surface area contributed by atoms with Crippen molar-refractivity contribution in [3.63, 3.8) is 0 Å². The molecule has 4 aromatic carbocycles. The molecule has 1 saturated heterocycles. The Labute approximate surface area is 267 Å². The van der Waals surface area contributed by atoms with E-state index in [-0.39, 0.29) is 42.3 Å². The molecule has 4 aromatic rings. The molecule has 5 rings (SSSR count). The lowest BCUT2D eigenvalue weighted by atomic mass is 9.96. The van der Waals surface area contributed by atoms with Gasteiger partial charge in [0, 0.05) is 37.9 Å². The Morgan fingerprint density at radius 1 is 0.783 bits per heavy atom. The molecule has 238 valence electrons. The smallest absolute Gasteiger partial charge is 0.425 e. The monoisotopic (exact) mass is 625 g/mol. The number of alkyl halides is 1. The average molecular weight is 626 g/mol. The summed E-state index contributed by atoms with van der Waals surface area (Å²) in [6.45, 7) is 3.60. The predicted molar refractivity (Wildman–Crippen MR) is 171 cm³/mol. The van der Waals surface area contributed by atoms with Crippen molar-refractivity contribution < 1.29 is 33.0 Å². The number of ether oxygens (including phenoxy) is 3. The topological polar surface area (TPSA) is 97.4 Å². The largest absolute Gasteiger partial charge is 0.484 e. The number of nitrogens with zero attached hydrogens (tertiary/aromatic N) is 2. The van der Waals surface area contributed by atoms with Crippen LogP contribution < -0.4 is 14.8 Å². The lowest BCUT2D eigenvalue weighted by molar-refractivity contribution is -0.183. The molecule has 1 aliphatic rings. The second-order valence-corrected chi connectivity index (χ2v) is 10.6. The molecule has 9 nitrogen and oxygen atoms in total. The quantitative estimate of drug-likeness (QED) is 0.170. The molecule has 46 heavy (non-hydrogen) atoms. The highest BCUT2D eigenvalue weighted by atomic mass is 19.2. The maximum atomic E-state index is 15.8. The van der Waals surface area contributed by atoms with E-state index in [1.165, 1.54) is 42.3 Å². The normalized spacial score (nSPS) is 14.6. The minimum atomic E-state index is -3.44. The van der Waals surface area contributed by atoms with Crippen molar-refractivity contribution in [1.29, 1.82) is 0 Å². The minimum absolute atomic E-state index is 0.0275. The minimum Gasteiger partial charge on any atom is -0.484 e. The molecule has 0 aliphatic carbocycles. The number of nitrogens with one attached hydrogen (secondary N) is 1. The van der Waals surface area contributed by atoms with Gasteiger partial charge in [0.25, 0.3) is 5.91 Å². The zero-order valence-corrected chi connectivity index (χ0v) is 25.5. The average Bonchev–Trinajstić information content (AvgIpc) is 3.09. The van der Waals surface area contributed by atoms with E-state index in [2.05, 4.69) is 34.5 Å². The lowest BCUT2D eigenvalue weighted by Crippen LogP contribution is -2.51. The fourth-order valence-electron chi connectivity index (χ4n) is 5.28. The van der Waals surface area contributed by atoms with Crippen LogP contribution in [0.2, 0.25) is 0 Å². The molecule has 0 bridgehead atoms. The van der Waals surface area contributed by atoms with Crippen LogP contribution in [0.25, 0.3) is 0 Å². The zero-order valence-electron chi connectivity index (χ0n) is 25.5. The second kappa shape index (κ2) is 15.2. The van der Waals surface area contributed by atoms with E-state index >= 15 is 4.39 Å². The van der Waals surface area contributed by atoms with Gasteiger partial charge in [0.2, 0.25) is 0 Å². The van der Waals surface area contributed by atoms with Crippen molar-refractivity contribution in [2.45, 2.75) is 18.8 Å². The number of amides is 2. The van der Waals surface area contributed by atoms with Crippen LogP contribution in [0.15, 0.2) is 115 Å². The van der Waals surface area contributed by atoms with Gasteiger partial charge in [0.1, 0.15) is 11.5 Å². The van der Waals surface area contributed by atoms with Crippen molar-refractivity contribution in [3.8, 4) is 11.5 Å². The molecule has 1 unspecified atom stereocenters. The lowest BCUT2D eigenvalue weighted by Gasteiger charge is -2.39. The molecule has 2 amide bonds. The summed E-state index contributed by atoms with van der Waals surface area (Å²) >= 11 is 0. The molecule has 0 radical (unpaired) electrons. The van der Waals surface area contributed by atoms with Gasteiger partial charge in [-0.15, -0.1) is 0 Å². The molecular weight excluding hydrogens is 589 g/mol. The Kier molecular flexibility index (Phi) is 10.6. The maximum Gasteiger partial charge on any atom is 0.425 e. The molecular formula is C36H36FN3O6. The molecule has 0 saturated carbocycles. The highest BCUT2D eigenvalue weighted by molar-refractivity contribution is 6.10. The van der Waals surface area contributed by atoms with Crippen molar-refractivity contribution >= 4 is 23.5 Å². The number of rotatable bonds is 12. The third-order valence-electron chi connectivity index (χ3n) is 7.55. The third kappa shape index (κ3) is 7.89.